The summed E-state index contributed by atoms with van der Waals surface area (Å²) in [5.41, 5.74) is 4.28. The van der Waals surface area contributed by atoms with Crippen molar-refractivity contribution in [3.63, 3.8) is 0 Å². The summed E-state index contributed by atoms with van der Waals surface area (Å²) < 4.78 is 12.1. The number of carbonyl (C=O) groups is 1. The maximum absolute atomic E-state index is 11.3. The van der Waals surface area contributed by atoms with Gasteiger partial charge < -0.3 is 25.0 Å². The molecule has 1 aliphatic rings. The molecule has 0 unspecified atom stereocenters. The van der Waals surface area contributed by atoms with Gasteiger partial charge in [0.05, 0.1) is 12.2 Å². The zero-order chi connectivity index (χ0) is 23.3. The van der Waals surface area contributed by atoms with Crippen molar-refractivity contribution in [1.29, 1.82) is 0 Å². The molecule has 3 N–H and O–H groups in total. The lowest BCUT2D eigenvalue weighted by Crippen LogP contribution is -2.55. The van der Waals surface area contributed by atoms with Crippen LogP contribution in [0.5, 0.6) is 5.75 Å². The topological polar surface area (TPSA) is 88.0 Å². The summed E-state index contributed by atoms with van der Waals surface area (Å²) in [5.74, 6) is 0.342. The van der Waals surface area contributed by atoms with Gasteiger partial charge in [0.1, 0.15) is 11.9 Å². The number of aryl methyl sites for hydroxylation is 1. The number of hydrogen-bond acceptors (Lipinski definition) is 5. The van der Waals surface area contributed by atoms with Crippen LogP contribution in [0, 0.1) is 12.8 Å². The lowest BCUT2D eigenvalue weighted by molar-refractivity contribution is -0.256. The molecule has 6 nitrogen and oxygen atoms in total. The third-order valence-electron chi connectivity index (χ3n) is 6.07. The van der Waals surface area contributed by atoms with Gasteiger partial charge in [-0.1, -0.05) is 56.2 Å². The van der Waals surface area contributed by atoms with Gasteiger partial charge in [0.25, 0.3) is 0 Å². The van der Waals surface area contributed by atoms with Crippen LogP contribution in [0.15, 0.2) is 42.5 Å². The van der Waals surface area contributed by atoms with Crippen LogP contribution in [0.3, 0.4) is 0 Å². The third kappa shape index (κ3) is 5.88. The van der Waals surface area contributed by atoms with E-state index in [0.717, 1.165) is 35.1 Å². The normalized spacial score (nSPS) is 25.4. The van der Waals surface area contributed by atoms with E-state index in [1.54, 1.807) is 0 Å². The molecular weight excluding hydrogens is 406 g/mol. The smallest absolute Gasteiger partial charge is 0.228 e. The Morgan fingerprint density at radius 1 is 1.16 bits per heavy atom. The molecule has 0 aromatic heterocycles. The van der Waals surface area contributed by atoms with Crippen molar-refractivity contribution in [2.75, 3.05) is 6.54 Å². The van der Waals surface area contributed by atoms with Crippen molar-refractivity contribution in [1.82, 2.24) is 5.32 Å². The van der Waals surface area contributed by atoms with E-state index >= 15 is 0 Å². The minimum absolute atomic E-state index is 0.0556. The van der Waals surface area contributed by atoms with Gasteiger partial charge in [-0.15, -0.1) is 0 Å². The first kappa shape index (κ1) is 24.2. The molecule has 0 radical (unpaired) electrons. The Labute approximate surface area is 190 Å². The summed E-state index contributed by atoms with van der Waals surface area (Å²) in [6.07, 6.45) is -0.740. The summed E-state index contributed by atoms with van der Waals surface area (Å²) in [6.45, 7) is 8.06. The zero-order valence-electron chi connectivity index (χ0n) is 19.4. The largest absolute Gasteiger partial charge is 0.462 e. The standard InChI is InChI=1S/C26H35NO5/c1-5-7-23-17(3)24(29)25(30)26(32-23)31-21-11-10-19(12-13-27-18(4)28)22(15-21)20-9-6-8-16(2)14-20/h6,8-11,14-15,17,23-26,29-30H,5,7,12-13H2,1-4H3,(H,27,28)/t17-,23+,24+,25+,26-/m0/s1. The van der Waals surface area contributed by atoms with E-state index in [4.69, 9.17) is 9.47 Å². The van der Waals surface area contributed by atoms with Crippen molar-refractivity contribution < 1.29 is 24.5 Å². The number of amides is 1. The lowest BCUT2D eigenvalue weighted by Gasteiger charge is -2.41. The van der Waals surface area contributed by atoms with Crippen molar-refractivity contribution in [3.8, 4) is 16.9 Å². The Morgan fingerprint density at radius 3 is 2.62 bits per heavy atom. The number of nitrogens with one attached hydrogen (secondary N) is 1. The Balaban J connectivity index is 1.86. The number of ether oxygens (including phenoxy) is 2. The fourth-order valence-electron chi connectivity index (χ4n) is 4.22. The van der Waals surface area contributed by atoms with E-state index in [-0.39, 0.29) is 17.9 Å². The average Bonchev–Trinajstić information content (AvgIpc) is 2.76. The first-order valence-electron chi connectivity index (χ1n) is 11.4. The van der Waals surface area contributed by atoms with Gasteiger partial charge in [-0.05, 0) is 48.6 Å². The molecule has 6 heteroatoms. The van der Waals surface area contributed by atoms with Crippen LogP contribution in [-0.4, -0.2) is 47.3 Å². The van der Waals surface area contributed by atoms with Gasteiger partial charge in [0.2, 0.25) is 12.2 Å². The molecule has 1 fully saturated rings. The second kappa shape index (κ2) is 10.9. The summed E-state index contributed by atoms with van der Waals surface area (Å²) in [7, 11) is 0. The van der Waals surface area contributed by atoms with E-state index < -0.39 is 18.5 Å². The summed E-state index contributed by atoms with van der Waals surface area (Å²) in [6, 6.07) is 14.0. The fourth-order valence-corrected chi connectivity index (χ4v) is 4.22. The van der Waals surface area contributed by atoms with Crippen LogP contribution in [0.1, 0.15) is 44.7 Å². The molecule has 0 bridgehead atoms. The van der Waals surface area contributed by atoms with Gasteiger partial charge in [-0.25, -0.2) is 0 Å². The molecule has 0 saturated carbocycles. The Bertz CT molecular complexity index is 915. The molecule has 32 heavy (non-hydrogen) atoms. The molecule has 2 aromatic carbocycles. The molecule has 1 aliphatic heterocycles. The highest BCUT2D eigenvalue weighted by atomic mass is 16.7. The number of carbonyl (C=O) groups excluding carboxylic acids is 1. The van der Waals surface area contributed by atoms with E-state index in [1.807, 2.05) is 50.2 Å². The Morgan fingerprint density at radius 2 is 1.94 bits per heavy atom. The highest BCUT2D eigenvalue weighted by Gasteiger charge is 2.43. The predicted molar refractivity (Wildman–Crippen MR) is 124 cm³/mol. The third-order valence-corrected chi connectivity index (χ3v) is 6.07. The Kier molecular flexibility index (Phi) is 8.29. The molecule has 3 rings (SSSR count). The highest BCUT2D eigenvalue weighted by molar-refractivity contribution is 5.73. The SMILES string of the molecule is CCC[C@H]1O[C@H](Oc2ccc(CCNC(C)=O)c(-c3cccc(C)c3)c2)[C@H](O)[C@H](O)[C@H]1C. The zero-order valence-corrected chi connectivity index (χ0v) is 19.4. The fraction of sp³-hybridized carbons (Fsp3) is 0.500. The van der Waals surface area contributed by atoms with Crippen LogP contribution in [0.25, 0.3) is 11.1 Å². The monoisotopic (exact) mass is 441 g/mol. The van der Waals surface area contributed by atoms with Crippen LogP contribution >= 0.6 is 0 Å². The number of hydrogen-bond donors (Lipinski definition) is 3. The van der Waals surface area contributed by atoms with Crippen LogP contribution in [0.2, 0.25) is 0 Å². The number of aliphatic hydroxyl groups excluding tert-OH is 2. The second-order valence-electron chi connectivity index (χ2n) is 8.71. The first-order valence-corrected chi connectivity index (χ1v) is 11.4. The molecule has 0 spiro atoms. The Hall–Kier alpha value is -2.41. The number of aliphatic hydroxyl groups is 2. The van der Waals surface area contributed by atoms with Crippen molar-refractivity contribution in [2.24, 2.45) is 5.92 Å². The molecule has 0 aliphatic carbocycles. The quantitative estimate of drug-likeness (QED) is 0.583. The van der Waals surface area contributed by atoms with Gasteiger partial charge in [-0.2, -0.15) is 0 Å². The molecule has 2 aromatic rings. The van der Waals surface area contributed by atoms with Gasteiger partial charge in [0.15, 0.2) is 0 Å². The summed E-state index contributed by atoms with van der Waals surface area (Å²) in [5, 5.41) is 23.9. The average molecular weight is 442 g/mol. The maximum Gasteiger partial charge on any atom is 0.228 e. The minimum Gasteiger partial charge on any atom is -0.462 e. The van der Waals surface area contributed by atoms with E-state index in [2.05, 4.69) is 18.3 Å². The number of rotatable bonds is 8. The van der Waals surface area contributed by atoms with E-state index in [1.165, 1.54) is 6.92 Å². The maximum atomic E-state index is 11.3. The molecule has 1 saturated heterocycles. The number of benzene rings is 2. The van der Waals surface area contributed by atoms with Crippen LogP contribution in [0.4, 0.5) is 0 Å². The summed E-state index contributed by atoms with van der Waals surface area (Å²) in [4.78, 5) is 11.3. The van der Waals surface area contributed by atoms with Crippen molar-refractivity contribution >= 4 is 5.91 Å². The van der Waals surface area contributed by atoms with Crippen LogP contribution in [-0.2, 0) is 16.0 Å². The summed E-state index contributed by atoms with van der Waals surface area (Å²) >= 11 is 0. The van der Waals surface area contributed by atoms with Gasteiger partial charge in [-0.3, -0.25) is 4.79 Å². The first-order chi connectivity index (χ1) is 15.3. The molecule has 1 heterocycles. The molecular formula is C26H35NO5. The van der Waals surface area contributed by atoms with Gasteiger partial charge in [0, 0.05) is 19.4 Å². The van der Waals surface area contributed by atoms with E-state index in [0.29, 0.717) is 18.7 Å². The lowest BCUT2D eigenvalue weighted by atomic mass is 9.88. The second-order valence-corrected chi connectivity index (χ2v) is 8.71. The van der Waals surface area contributed by atoms with Gasteiger partial charge >= 0.3 is 0 Å². The van der Waals surface area contributed by atoms with Crippen LogP contribution < -0.4 is 10.1 Å². The molecule has 1 amide bonds. The minimum atomic E-state index is -1.13. The van der Waals surface area contributed by atoms with E-state index in [9.17, 15) is 15.0 Å². The van der Waals surface area contributed by atoms with Crippen molar-refractivity contribution in [2.45, 2.75) is 71.6 Å². The molecule has 174 valence electrons. The highest BCUT2D eigenvalue weighted by Crippen LogP contribution is 2.33. The van der Waals surface area contributed by atoms with Crippen molar-refractivity contribution in [3.05, 3.63) is 53.6 Å². The molecule has 5 atom stereocenters. The predicted octanol–water partition coefficient (Wildman–Crippen LogP) is 3.60.